The van der Waals surface area contributed by atoms with Gasteiger partial charge in [0.25, 0.3) is 0 Å². The average molecular weight is 391 g/mol. The zero-order valence-corrected chi connectivity index (χ0v) is 17.3. The Morgan fingerprint density at radius 2 is 1.93 bits per heavy atom. The number of nitrogens with one attached hydrogen (secondary N) is 1. The van der Waals surface area contributed by atoms with Gasteiger partial charge >= 0.3 is 0 Å². The molecule has 2 heterocycles. The lowest BCUT2D eigenvalue weighted by Crippen LogP contribution is -2.34. The third-order valence-electron chi connectivity index (χ3n) is 5.98. The van der Waals surface area contributed by atoms with E-state index in [1.54, 1.807) is 6.33 Å². The molecule has 2 atom stereocenters. The smallest absolute Gasteiger partial charge is 0.243 e. The molecular formula is C24H30N4O. The van der Waals surface area contributed by atoms with Crippen LogP contribution < -0.4 is 5.32 Å². The van der Waals surface area contributed by atoms with E-state index in [1.165, 1.54) is 24.0 Å². The highest BCUT2D eigenvalue weighted by atomic mass is 16.2. The molecule has 152 valence electrons. The number of carbonyl (C=O) groups is 1. The van der Waals surface area contributed by atoms with Gasteiger partial charge in [-0.3, -0.25) is 9.69 Å². The highest BCUT2D eigenvalue weighted by Gasteiger charge is 2.19. The Labute approximate surface area is 172 Å². The average Bonchev–Trinajstić information content (AvgIpc) is 3.16. The second-order valence-electron chi connectivity index (χ2n) is 8.29. The van der Waals surface area contributed by atoms with Crippen LogP contribution in [-0.4, -0.2) is 33.4 Å². The van der Waals surface area contributed by atoms with Crippen molar-refractivity contribution in [3.05, 3.63) is 66.0 Å². The maximum Gasteiger partial charge on any atom is 0.243 e. The fourth-order valence-electron chi connectivity index (χ4n) is 4.30. The van der Waals surface area contributed by atoms with Gasteiger partial charge in [0.05, 0.1) is 17.4 Å². The molecule has 0 saturated carbocycles. The van der Waals surface area contributed by atoms with Crippen LogP contribution in [0.2, 0.25) is 0 Å². The van der Waals surface area contributed by atoms with Crippen LogP contribution in [0.25, 0.3) is 11.0 Å². The molecule has 4 rings (SSSR count). The molecule has 0 bridgehead atoms. The summed E-state index contributed by atoms with van der Waals surface area (Å²) in [4.78, 5) is 19.8. The van der Waals surface area contributed by atoms with Crippen molar-refractivity contribution in [2.45, 2.75) is 45.8 Å². The molecule has 1 aromatic heterocycles. The molecule has 5 heteroatoms. The number of piperidine rings is 1. The van der Waals surface area contributed by atoms with E-state index in [0.717, 1.165) is 36.6 Å². The second kappa shape index (κ2) is 8.78. The number of imidazole rings is 1. The summed E-state index contributed by atoms with van der Waals surface area (Å²) in [6.45, 7) is 8.08. The molecule has 1 fully saturated rings. The van der Waals surface area contributed by atoms with Crippen LogP contribution in [-0.2, 0) is 17.9 Å². The Hall–Kier alpha value is -2.66. The first-order chi connectivity index (χ1) is 14.1. The van der Waals surface area contributed by atoms with E-state index in [4.69, 9.17) is 0 Å². The summed E-state index contributed by atoms with van der Waals surface area (Å²) in [6.07, 6.45) is 4.35. The van der Waals surface area contributed by atoms with Crippen molar-refractivity contribution in [2.24, 2.45) is 5.92 Å². The molecule has 29 heavy (non-hydrogen) atoms. The van der Waals surface area contributed by atoms with Crippen molar-refractivity contribution in [2.75, 3.05) is 13.1 Å². The number of fused-ring (bicyclic) bond motifs is 1. The molecule has 1 amide bonds. The number of benzene rings is 2. The van der Waals surface area contributed by atoms with Crippen LogP contribution >= 0.6 is 0 Å². The number of carbonyl (C=O) groups excluding carboxylic acids is 1. The van der Waals surface area contributed by atoms with Gasteiger partial charge < -0.3 is 9.88 Å². The van der Waals surface area contributed by atoms with Crippen molar-refractivity contribution in [3.63, 3.8) is 0 Å². The van der Waals surface area contributed by atoms with Crippen molar-refractivity contribution in [1.82, 2.24) is 19.8 Å². The summed E-state index contributed by atoms with van der Waals surface area (Å²) < 4.78 is 1.94. The lowest BCUT2D eigenvalue weighted by molar-refractivity contribution is -0.123. The minimum absolute atomic E-state index is 0.00884. The van der Waals surface area contributed by atoms with Gasteiger partial charge in [0, 0.05) is 19.6 Å². The number of para-hydroxylation sites is 2. The van der Waals surface area contributed by atoms with Gasteiger partial charge in [-0.05, 0) is 55.5 Å². The van der Waals surface area contributed by atoms with Crippen LogP contribution in [0.5, 0.6) is 0 Å². The summed E-state index contributed by atoms with van der Waals surface area (Å²) in [7, 11) is 0. The number of hydrogen-bond donors (Lipinski definition) is 1. The normalized spacial score (nSPS) is 18.6. The third-order valence-corrected chi connectivity index (χ3v) is 5.98. The van der Waals surface area contributed by atoms with Crippen molar-refractivity contribution < 1.29 is 4.79 Å². The molecule has 3 aromatic rings. The lowest BCUT2D eigenvalue weighted by Gasteiger charge is -2.31. The molecule has 1 saturated heterocycles. The fourth-order valence-corrected chi connectivity index (χ4v) is 4.30. The molecule has 1 N–H and O–H groups in total. The van der Waals surface area contributed by atoms with Gasteiger partial charge in [-0.2, -0.15) is 0 Å². The topological polar surface area (TPSA) is 50.2 Å². The quantitative estimate of drug-likeness (QED) is 0.688. The molecular weight excluding hydrogens is 360 g/mol. The minimum Gasteiger partial charge on any atom is -0.350 e. The lowest BCUT2D eigenvalue weighted by atomic mass is 9.99. The Kier molecular flexibility index (Phi) is 5.95. The van der Waals surface area contributed by atoms with E-state index < -0.39 is 0 Å². The van der Waals surface area contributed by atoms with Gasteiger partial charge in [0.2, 0.25) is 5.91 Å². The van der Waals surface area contributed by atoms with Gasteiger partial charge in [-0.25, -0.2) is 4.98 Å². The number of aromatic nitrogens is 2. The zero-order valence-electron chi connectivity index (χ0n) is 17.3. The molecule has 1 aliphatic rings. The molecule has 2 aromatic carbocycles. The maximum atomic E-state index is 12.8. The van der Waals surface area contributed by atoms with Gasteiger partial charge in [0.15, 0.2) is 0 Å². The first kappa shape index (κ1) is 19.6. The number of likely N-dealkylation sites (tertiary alicyclic amines) is 1. The minimum atomic E-state index is -0.308. The molecule has 0 spiro atoms. The number of nitrogens with zero attached hydrogens (tertiary/aromatic N) is 3. The monoisotopic (exact) mass is 390 g/mol. The molecule has 0 aliphatic carbocycles. The number of hydrogen-bond acceptors (Lipinski definition) is 3. The van der Waals surface area contributed by atoms with Crippen molar-refractivity contribution in [1.29, 1.82) is 0 Å². The molecule has 5 nitrogen and oxygen atoms in total. The summed E-state index contributed by atoms with van der Waals surface area (Å²) in [6, 6.07) is 16.1. The first-order valence-corrected chi connectivity index (χ1v) is 10.6. The van der Waals surface area contributed by atoms with Crippen LogP contribution in [0.4, 0.5) is 0 Å². The highest BCUT2D eigenvalue weighted by Crippen LogP contribution is 2.20. The largest absolute Gasteiger partial charge is 0.350 e. The predicted molar refractivity (Wildman–Crippen MR) is 116 cm³/mol. The maximum absolute atomic E-state index is 12.8. The van der Waals surface area contributed by atoms with E-state index in [2.05, 4.69) is 46.4 Å². The van der Waals surface area contributed by atoms with Gasteiger partial charge in [0.1, 0.15) is 6.04 Å². The van der Waals surface area contributed by atoms with Crippen molar-refractivity contribution in [3.8, 4) is 0 Å². The molecule has 0 radical (unpaired) electrons. The van der Waals surface area contributed by atoms with Crippen LogP contribution in [0.3, 0.4) is 0 Å². The summed E-state index contributed by atoms with van der Waals surface area (Å²) >= 11 is 0. The van der Waals surface area contributed by atoms with E-state index >= 15 is 0 Å². The zero-order chi connectivity index (χ0) is 20.2. The SMILES string of the molecule is CC1CCCN(Cc2ccccc2CNC(=O)C(C)n2cnc3ccccc32)C1. The van der Waals surface area contributed by atoms with Crippen LogP contribution in [0.1, 0.15) is 43.9 Å². The summed E-state index contributed by atoms with van der Waals surface area (Å²) in [5.74, 6) is 0.774. The predicted octanol–water partition coefficient (Wildman–Crippen LogP) is 4.15. The summed E-state index contributed by atoms with van der Waals surface area (Å²) in [5.41, 5.74) is 4.40. The van der Waals surface area contributed by atoms with E-state index in [1.807, 2.05) is 35.8 Å². The van der Waals surface area contributed by atoms with E-state index in [9.17, 15) is 4.79 Å². The number of amides is 1. The van der Waals surface area contributed by atoms with Crippen LogP contribution in [0.15, 0.2) is 54.9 Å². The molecule has 2 unspecified atom stereocenters. The summed E-state index contributed by atoms with van der Waals surface area (Å²) in [5, 5.41) is 3.13. The van der Waals surface area contributed by atoms with Gasteiger partial charge in [-0.1, -0.05) is 43.3 Å². The first-order valence-electron chi connectivity index (χ1n) is 10.6. The highest BCUT2D eigenvalue weighted by molar-refractivity contribution is 5.83. The Morgan fingerprint density at radius 1 is 1.17 bits per heavy atom. The Morgan fingerprint density at radius 3 is 2.76 bits per heavy atom. The van der Waals surface area contributed by atoms with Crippen molar-refractivity contribution >= 4 is 16.9 Å². The Balaban J connectivity index is 1.41. The second-order valence-corrected chi connectivity index (χ2v) is 8.29. The standard InChI is InChI=1S/C24H30N4O/c1-18-8-7-13-27(15-18)16-21-10-4-3-9-20(21)14-25-24(29)19(2)28-17-26-22-11-5-6-12-23(22)28/h3-6,9-12,17-19H,7-8,13-16H2,1-2H3,(H,25,29). The van der Waals surface area contributed by atoms with Crippen LogP contribution in [0, 0.1) is 5.92 Å². The number of rotatable bonds is 6. The fraction of sp³-hybridized carbons (Fsp3) is 0.417. The Bertz CT molecular complexity index is 980. The van der Waals surface area contributed by atoms with E-state index in [-0.39, 0.29) is 11.9 Å². The van der Waals surface area contributed by atoms with Gasteiger partial charge in [-0.15, -0.1) is 0 Å². The van der Waals surface area contributed by atoms with E-state index in [0.29, 0.717) is 6.54 Å². The molecule has 1 aliphatic heterocycles. The third kappa shape index (κ3) is 4.51.